The van der Waals surface area contributed by atoms with Crippen molar-refractivity contribution in [3.05, 3.63) is 47.8 Å². The zero-order valence-electron chi connectivity index (χ0n) is 11.0. The molecule has 0 aliphatic carbocycles. The van der Waals surface area contributed by atoms with Gasteiger partial charge in [0.2, 0.25) is 5.91 Å². The van der Waals surface area contributed by atoms with E-state index in [1.807, 2.05) is 12.4 Å². The van der Waals surface area contributed by atoms with Crippen molar-refractivity contribution < 1.29 is 4.79 Å². The first-order chi connectivity index (χ1) is 9.20. The highest BCUT2D eigenvalue weighted by Gasteiger charge is 2.04. The standard InChI is InChI=1S/C15H17N3O/c1-2-3-4-11-9-17-15(18-10-11)13-7-5-12(6-8-13)14(16)19/h5-10H,2-4H2,1H3,(H2,16,19). The number of benzene rings is 1. The summed E-state index contributed by atoms with van der Waals surface area (Å²) in [5, 5.41) is 0. The van der Waals surface area contributed by atoms with Crippen LogP contribution in [-0.4, -0.2) is 15.9 Å². The van der Waals surface area contributed by atoms with Gasteiger partial charge in [0.15, 0.2) is 5.82 Å². The van der Waals surface area contributed by atoms with E-state index >= 15 is 0 Å². The fourth-order valence-electron chi connectivity index (χ4n) is 1.80. The summed E-state index contributed by atoms with van der Waals surface area (Å²) in [5.74, 6) is 0.235. The second-order valence-electron chi connectivity index (χ2n) is 4.46. The van der Waals surface area contributed by atoms with Gasteiger partial charge in [0.05, 0.1) is 0 Å². The molecule has 1 aromatic carbocycles. The maximum absolute atomic E-state index is 11.0. The lowest BCUT2D eigenvalue weighted by molar-refractivity contribution is 0.100. The summed E-state index contributed by atoms with van der Waals surface area (Å²) < 4.78 is 0. The number of rotatable bonds is 5. The highest BCUT2D eigenvalue weighted by atomic mass is 16.1. The van der Waals surface area contributed by atoms with Gasteiger partial charge in [-0.1, -0.05) is 25.5 Å². The van der Waals surface area contributed by atoms with Crippen molar-refractivity contribution in [2.24, 2.45) is 5.73 Å². The van der Waals surface area contributed by atoms with Crippen LogP contribution < -0.4 is 5.73 Å². The largest absolute Gasteiger partial charge is 0.366 e. The Bertz CT molecular complexity index is 547. The third kappa shape index (κ3) is 3.37. The monoisotopic (exact) mass is 255 g/mol. The molecule has 0 saturated carbocycles. The first-order valence-corrected chi connectivity index (χ1v) is 6.42. The van der Waals surface area contributed by atoms with Gasteiger partial charge in [-0.25, -0.2) is 9.97 Å². The average molecular weight is 255 g/mol. The summed E-state index contributed by atoms with van der Waals surface area (Å²) in [6.45, 7) is 2.16. The molecule has 0 aliphatic heterocycles. The molecule has 1 heterocycles. The molecule has 0 spiro atoms. The molecule has 1 aromatic heterocycles. The van der Waals surface area contributed by atoms with E-state index < -0.39 is 5.91 Å². The van der Waals surface area contributed by atoms with Gasteiger partial charge in [0.1, 0.15) is 0 Å². The number of aromatic nitrogens is 2. The minimum Gasteiger partial charge on any atom is -0.366 e. The molecule has 19 heavy (non-hydrogen) atoms. The lowest BCUT2D eigenvalue weighted by atomic mass is 10.1. The molecule has 4 nitrogen and oxygen atoms in total. The van der Waals surface area contributed by atoms with Crippen molar-refractivity contribution in [3.8, 4) is 11.4 Å². The quantitative estimate of drug-likeness (QED) is 0.892. The second-order valence-corrected chi connectivity index (χ2v) is 4.46. The van der Waals surface area contributed by atoms with Gasteiger partial charge in [-0.2, -0.15) is 0 Å². The van der Waals surface area contributed by atoms with E-state index in [1.165, 1.54) is 0 Å². The van der Waals surface area contributed by atoms with Gasteiger partial charge >= 0.3 is 0 Å². The maximum atomic E-state index is 11.0. The molecule has 98 valence electrons. The maximum Gasteiger partial charge on any atom is 0.248 e. The Kier molecular flexibility index (Phi) is 4.23. The van der Waals surface area contributed by atoms with Crippen LogP contribution in [0.4, 0.5) is 0 Å². The first kappa shape index (κ1) is 13.2. The van der Waals surface area contributed by atoms with Gasteiger partial charge in [-0.3, -0.25) is 4.79 Å². The molecule has 4 heteroatoms. The van der Waals surface area contributed by atoms with Gasteiger partial charge in [0, 0.05) is 23.5 Å². The van der Waals surface area contributed by atoms with Gasteiger partial charge in [0.25, 0.3) is 0 Å². The number of hydrogen-bond donors (Lipinski definition) is 1. The first-order valence-electron chi connectivity index (χ1n) is 6.42. The van der Waals surface area contributed by atoms with E-state index in [1.54, 1.807) is 24.3 Å². The molecule has 0 unspecified atom stereocenters. The molecule has 2 rings (SSSR count). The summed E-state index contributed by atoms with van der Waals surface area (Å²) in [6.07, 6.45) is 7.05. The smallest absolute Gasteiger partial charge is 0.248 e. The normalized spacial score (nSPS) is 10.4. The Morgan fingerprint density at radius 3 is 2.32 bits per heavy atom. The van der Waals surface area contributed by atoms with Crippen LogP contribution in [0.25, 0.3) is 11.4 Å². The fraction of sp³-hybridized carbons (Fsp3) is 0.267. The predicted octanol–water partition coefficient (Wildman–Crippen LogP) is 2.59. The van der Waals surface area contributed by atoms with Crippen molar-refractivity contribution in [3.63, 3.8) is 0 Å². The summed E-state index contributed by atoms with van der Waals surface area (Å²) in [7, 11) is 0. The number of nitrogens with zero attached hydrogens (tertiary/aromatic N) is 2. The molecular formula is C15H17N3O. The molecule has 0 saturated heterocycles. The van der Waals surface area contributed by atoms with Crippen molar-refractivity contribution in [2.45, 2.75) is 26.2 Å². The second kappa shape index (κ2) is 6.09. The molecule has 1 amide bonds. The van der Waals surface area contributed by atoms with Crippen LogP contribution in [-0.2, 0) is 6.42 Å². The summed E-state index contributed by atoms with van der Waals surface area (Å²) in [6, 6.07) is 6.99. The Labute approximate surface area is 112 Å². The van der Waals surface area contributed by atoms with Gasteiger partial charge in [-0.15, -0.1) is 0 Å². The molecular weight excluding hydrogens is 238 g/mol. The van der Waals surface area contributed by atoms with E-state index in [2.05, 4.69) is 16.9 Å². The van der Waals surface area contributed by atoms with Crippen molar-refractivity contribution in [2.75, 3.05) is 0 Å². The summed E-state index contributed by atoms with van der Waals surface area (Å²) in [5.41, 5.74) is 7.72. The molecule has 2 N–H and O–H groups in total. The topological polar surface area (TPSA) is 68.9 Å². The Hall–Kier alpha value is -2.23. The Morgan fingerprint density at radius 2 is 1.79 bits per heavy atom. The lowest BCUT2D eigenvalue weighted by Gasteiger charge is -2.03. The zero-order valence-corrected chi connectivity index (χ0v) is 11.0. The predicted molar refractivity (Wildman–Crippen MR) is 74.6 cm³/mol. The summed E-state index contributed by atoms with van der Waals surface area (Å²) >= 11 is 0. The van der Waals surface area contributed by atoms with E-state index in [0.29, 0.717) is 11.4 Å². The lowest BCUT2D eigenvalue weighted by Crippen LogP contribution is -2.10. The summed E-state index contributed by atoms with van der Waals surface area (Å²) in [4.78, 5) is 19.7. The average Bonchev–Trinajstić information content (AvgIpc) is 2.46. The van der Waals surface area contributed by atoms with Crippen molar-refractivity contribution >= 4 is 5.91 Å². The number of unbranched alkanes of at least 4 members (excludes halogenated alkanes) is 1. The molecule has 2 aromatic rings. The number of amides is 1. The SMILES string of the molecule is CCCCc1cnc(-c2ccc(C(N)=O)cc2)nc1. The van der Waals surface area contributed by atoms with Crippen LogP contribution >= 0.6 is 0 Å². The molecule has 0 bridgehead atoms. The van der Waals surface area contributed by atoms with Crippen molar-refractivity contribution in [1.82, 2.24) is 9.97 Å². The minimum absolute atomic E-state index is 0.428. The van der Waals surface area contributed by atoms with Crippen LogP contribution in [0.5, 0.6) is 0 Å². The number of hydrogen-bond acceptors (Lipinski definition) is 3. The number of nitrogens with two attached hydrogens (primary N) is 1. The fourth-order valence-corrected chi connectivity index (χ4v) is 1.80. The highest BCUT2D eigenvalue weighted by Crippen LogP contribution is 2.15. The number of primary amides is 1. The van der Waals surface area contributed by atoms with Crippen molar-refractivity contribution in [1.29, 1.82) is 0 Å². The number of carbonyl (C=O) groups is 1. The zero-order chi connectivity index (χ0) is 13.7. The van der Waals surface area contributed by atoms with Crippen LogP contribution in [0.2, 0.25) is 0 Å². The Balaban J connectivity index is 2.15. The van der Waals surface area contributed by atoms with Gasteiger partial charge < -0.3 is 5.73 Å². The van der Waals surface area contributed by atoms with Crippen LogP contribution in [0.15, 0.2) is 36.7 Å². The van der Waals surface area contributed by atoms with Crippen LogP contribution in [0.1, 0.15) is 35.7 Å². The van der Waals surface area contributed by atoms with E-state index in [9.17, 15) is 4.79 Å². The minimum atomic E-state index is -0.428. The molecule has 0 fully saturated rings. The third-order valence-electron chi connectivity index (χ3n) is 2.95. The van der Waals surface area contributed by atoms with E-state index in [-0.39, 0.29) is 0 Å². The molecule has 0 atom stereocenters. The number of carbonyl (C=O) groups excluding carboxylic acids is 1. The van der Waals surface area contributed by atoms with Gasteiger partial charge in [-0.05, 0) is 30.5 Å². The van der Waals surface area contributed by atoms with E-state index in [0.717, 1.165) is 30.4 Å². The Morgan fingerprint density at radius 1 is 1.16 bits per heavy atom. The third-order valence-corrected chi connectivity index (χ3v) is 2.95. The van der Waals surface area contributed by atoms with E-state index in [4.69, 9.17) is 5.73 Å². The number of aryl methyl sites for hydroxylation is 1. The molecule has 0 aliphatic rings. The molecule has 0 radical (unpaired) electrons. The van der Waals surface area contributed by atoms with Crippen LogP contribution in [0, 0.1) is 0 Å². The van der Waals surface area contributed by atoms with Crippen LogP contribution in [0.3, 0.4) is 0 Å². The highest BCUT2D eigenvalue weighted by molar-refractivity contribution is 5.93.